The van der Waals surface area contributed by atoms with E-state index in [4.69, 9.17) is 4.98 Å². The summed E-state index contributed by atoms with van der Waals surface area (Å²) >= 11 is 0. The van der Waals surface area contributed by atoms with Gasteiger partial charge in [-0.1, -0.05) is 36.4 Å². The summed E-state index contributed by atoms with van der Waals surface area (Å²) in [7, 11) is -3.56. The van der Waals surface area contributed by atoms with Crippen molar-refractivity contribution in [3.63, 3.8) is 0 Å². The molecule has 0 amide bonds. The topological polar surface area (TPSA) is 79.0 Å². The Bertz CT molecular complexity index is 972. The number of hydrogen-bond acceptors (Lipinski definition) is 4. The molecule has 3 heterocycles. The maximum Gasteiger partial charge on any atom is 0.246 e. The molecule has 3 aromatic rings. The molecule has 26 heavy (non-hydrogen) atoms. The lowest BCUT2D eigenvalue weighted by Crippen LogP contribution is -2.31. The van der Waals surface area contributed by atoms with Crippen molar-refractivity contribution in [1.29, 1.82) is 0 Å². The third-order valence-electron chi connectivity index (χ3n) is 4.68. The van der Waals surface area contributed by atoms with E-state index in [1.54, 1.807) is 4.31 Å². The first-order chi connectivity index (χ1) is 12.6. The van der Waals surface area contributed by atoms with E-state index in [9.17, 15) is 8.42 Å². The van der Waals surface area contributed by atoms with E-state index in [0.29, 0.717) is 6.54 Å². The second-order valence-corrected chi connectivity index (χ2v) is 8.31. The Kier molecular flexibility index (Phi) is 4.57. The molecule has 4 rings (SSSR count). The first kappa shape index (κ1) is 16.9. The van der Waals surface area contributed by atoms with Crippen molar-refractivity contribution < 1.29 is 8.42 Å². The van der Waals surface area contributed by atoms with Gasteiger partial charge in [0.05, 0.1) is 17.9 Å². The molecule has 134 valence electrons. The number of pyridine rings is 1. The third kappa shape index (κ3) is 3.27. The summed E-state index contributed by atoms with van der Waals surface area (Å²) < 4.78 is 27.3. The highest BCUT2D eigenvalue weighted by Crippen LogP contribution is 2.35. The van der Waals surface area contributed by atoms with Crippen LogP contribution in [0.4, 0.5) is 0 Å². The minimum absolute atomic E-state index is 0.199. The van der Waals surface area contributed by atoms with Crippen LogP contribution in [0.5, 0.6) is 0 Å². The number of benzene rings is 1. The first-order valence-corrected chi connectivity index (χ1v) is 10.1. The fourth-order valence-corrected chi connectivity index (χ4v) is 5.00. The van der Waals surface area contributed by atoms with E-state index in [1.807, 2.05) is 36.4 Å². The predicted molar refractivity (Wildman–Crippen MR) is 97.9 cm³/mol. The molecular weight excluding hydrogens is 348 g/mol. The van der Waals surface area contributed by atoms with Crippen molar-refractivity contribution in [1.82, 2.24) is 19.5 Å². The summed E-state index contributed by atoms with van der Waals surface area (Å²) in [5, 5.41) is 6.35. The molecule has 0 unspecified atom stereocenters. The summed E-state index contributed by atoms with van der Waals surface area (Å²) in [6.07, 6.45) is 5.11. The average molecular weight is 368 g/mol. The number of aromatic amines is 1. The molecule has 7 heteroatoms. The maximum absolute atomic E-state index is 12.9. The molecule has 0 spiro atoms. The molecule has 0 bridgehead atoms. The molecule has 1 aliphatic heterocycles. The standard InChI is InChI=1S/C19H20N4O2S/c24-26(25,17-13-20-21-14-17)23-11-5-10-19(23)18-9-4-8-16(22-18)12-15-6-2-1-3-7-15/h1-4,6-9,13-14,19H,5,10-12H2,(H,20,21)/t19-/m1/s1. The fourth-order valence-electron chi connectivity index (χ4n) is 3.43. The van der Waals surface area contributed by atoms with Gasteiger partial charge in [-0.3, -0.25) is 10.1 Å². The lowest BCUT2D eigenvalue weighted by molar-refractivity contribution is 0.390. The maximum atomic E-state index is 12.9. The van der Waals surface area contributed by atoms with Crippen LogP contribution >= 0.6 is 0 Å². The van der Waals surface area contributed by atoms with Crippen LogP contribution in [-0.2, 0) is 16.4 Å². The van der Waals surface area contributed by atoms with E-state index < -0.39 is 10.0 Å². The van der Waals surface area contributed by atoms with Gasteiger partial charge in [0, 0.05) is 24.9 Å². The highest BCUT2D eigenvalue weighted by Gasteiger charge is 2.37. The highest BCUT2D eigenvalue weighted by atomic mass is 32.2. The van der Waals surface area contributed by atoms with Crippen LogP contribution in [-0.4, -0.2) is 34.4 Å². The van der Waals surface area contributed by atoms with Gasteiger partial charge in [0.2, 0.25) is 10.0 Å². The molecule has 6 nitrogen and oxygen atoms in total. The van der Waals surface area contributed by atoms with Crippen LogP contribution in [0.2, 0.25) is 0 Å². The third-order valence-corrected chi connectivity index (χ3v) is 6.55. The zero-order chi connectivity index (χ0) is 18.0. The van der Waals surface area contributed by atoms with Gasteiger partial charge in [-0.2, -0.15) is 9.40 Å². The van der Waals surface area contributed by atoms with Gasteiger partial charge in [-0.25, -0.2) is 8.42 Å². The van der Waals surface area contributed by atoms with E-state index in [2.05, 4.69) is 22.3 Å². The van der Waals surface area contributed by atoms with Crippen molar-refractivity contribution in [3.8, 4) is 0 Å². The first-order valence-electron chi connectivity index (χ1n) is 8.65. The van der Waals surface area contributed by atoms with Crippen LogP contribution in [0.3, 0.4) is 0 Å². The highest BCUT2D eigenvalue weighted by molar-refractivity contribution is 7.89. The van der Waals surface area contributed by atoms with Crippen LogP contribution in [0.1, 0.15) is 35.8 Å². The fraction of sp³-hybridized carbons (Fsp3) is 0.263. The second kappa shape index (κ2) is 7.01. The quantitative estimate of drug-likeness (QED) is 0.751. The molecule has 1 saturated heterocycles. The molecular formula is C19H20N4O2S. The summed E-state index contributed by atoms with van der Waals surface area (Å²) in [6.45, 7) is 0.503. The lowest BCUT2D eigenvalue weighted by atomic mass is 10.1. The number of hydrogen-bond donors (Lipinski definition) is 1. The number of aromatic nitrogens is 3. The summed E-state index contributed by atoms with van der Waals surface area (Å²) in [4.78, 5) is 4.96. The largest absolute Gasteiger partial charge is 0.284 e. The Morgan fingerprint density at radius 2 is 1.96 bits per heavy atom. The van der Waals surface area contributed by atoms with E-state index in [1.165, 1.54) is 18.0 Å². The summed E-state index contributed by atoms with van der Waals surface area (Å²) in [6, 6.07) is 15.8. The van der Waals surface area contributed by atoms with Gasteiger partial charge >= 0.3 is 0 Å². The lowest BCUT2D eigenvalue weighted by Gasteiger charge is -2.23. The van der Waals surface area contributed by atoms with E-state index in [0.717, 1.165) is 30.7 Å². The second-order valence-electron chi connectivity index (χ2n) is 6.42. The van der Waals surface area contributed by atoms with E-state index in [-0.39, 0.29) is 10.9 Å². The number of nitrogens with one attached hydrogen (secondary N) is 1. The van der Waals surface area contributed by atoms with Gasteiger partial charge in [0.25, 0.3) is 0 Å². The normalized spacial score (nSPS) is 18.2. The SMILES string of the molecule is O=S(=O)(c1cn[nH]c1)N1CCC[C@@H]1c1cccc(Cc2ccccc2)n1. The Balaban J connectivity index is 1.61. The smallest absolute Gasteiger partial charge is 0.246 e. The Labute approximate surface area is 153 Å². The minimum atomic E-state index is -3.56. The van der Waals surface area contributed by atoms with Crippen molar-refractivity contribution >= 4 is 10.0 Å². The summed E-state index contributed by atoms with van der Waals surface area (Å²) in [5.41, 5.74) is 2.94. The molecule has 0 aliphatic carbocycles. The van der Waals surface area contributed by atoms with Crippen molar-refractivity contribution in [3.05, 3.63) is 77.9 Å². The van der Waals surface area contributed by atoms with Crippen molar-refractivity contribution in [2.24, 2.45) is 0 Å². The van der Waals surface area contributed by atoms with E-state index >= 15 is 0 Å². The number of H-pyrrole nitrogens is 1. The average Bonchev–Trinajstić information content (AvgIpc) is 3.35. The van der Waals surface area contributed by atoms with Crippen LogP contribution < -0.4 is 0 Å². The van der Waals surface area contributed by atoms with Crippen molar-refractivity contribution in [2.45, 2.75) is 30.2 Å². The molecule has 1 atom stereocenters. The monoisotopic (exact) mass is 368 g/mol. The molecule has 1 fully saturated rings. The van der Waals surface area contributed by atoms with Crippen molar-refractivity contribution in [2.75, 3.05) is 6.54 Å². The zero-order valence-corrected chi connectivity index (χ0v) is 15.1. The molecule has 1 aliphatic rings. The van der Waals surface area contributed by atoms with Crippen LogP contribution in [0, 0.1) is 0 Å². The number of nitrogens with zero attached hydrogens (tertiary/aromatic N) is 3. The van der Waals surface area contributed by atoms with Gasteiger partial charge < -0.3 is 0 Å². The molecule has 0 saturated carbocycles. The minimum Gasteiger partial charge on any atom is -0.284 e. The number of rotatable bonds is 5. The van der Waals surface area contributed by atoms with Crippen LogP contribution in [0.15, 0.2) is 65.8 Å². The Morgan fingerprint density at radius 1 is 1.12 bits per heavy atom. The van der Waals surface area contributed by atoms with Gasteiger partial charge in [-0.15, -0.1) is 0 Å². The molecule has 0 radical (unpaired) electrons. The Hall–Kier alpha value is -2.51. The van der Waals surface area contributed by atoms with Gasteiger partial charge in [0.1, 0.15) is 4.90 Å². The zero-order valence-electron chi connectivity index (χ0n) is 14.2. The van der Waals surface area contributed by atoms with Crippen LogP contribution in [0.25, 0.3) is 0 Å². The molecule has 2 aromatic heterocycles. The van der Waals surface area contributed by atoms with Gasteiger partial charge in [-0.05, 0) is 30.5 Å². The summed E-state index contributed by atoms with van der Waals surface area (Å²) in [5.74, 6) is 0. The Morgan fingerprint density at radius 3 is 2.73 bits per heavy atom. The molecule has 1 N–H and O–H groups in total. The molecule has 1 aromatic carbocycles. The predicted octanol–water partition coefficient (Wildman–Crippen LogP) is 2.92. The van der Waals surface area contributed by atoms with Gasteiger partial charge in [0.15, 0.2) is 0 Å². The number of sulfonamides is 1.